The number of nitrogens with two attached hydrogens (primary N) is 1. The van der Waals surface area contributed by atoms with Crippen molar-refractivity contribution in [3.05, 3.63) is 53.8 Å². The van der Waals surface area contributed by atoms with Gasteiger partial charge in [-0.1, -0.05) is 12.1 Å². The van der Waals surface area contributed by atoms with Crippen LogP contribution in [0.25, 0.3) is 0 Å². The number of rotatable bonds is 4. The molecule has 0 aliphatic rings. The van der Waals surface area contributed by atoms with Crippen molar-refractivity contribution in [1.82, 2.24) is 0 Å². The van der Waals surface area contributed by atoms with Crippen molar-refractivity contribution < 1.29 is 13.9 Å². The first kappa shape index (κ1) is 12.2. The van der Waals surface area contributed by atoms with Gasteiger partial charge in [0.05, 0.1) is 7.11 Å². The normalized spacial score (nSPS) is 10.1. The molecule has 0 aromatic heterocycles. The maximum Gasteiger partial charge on any atom is 0.165 e. The number of anilines is 1. The van der Waals surface area contributed by atoms with Gasteiger partial charge in [-0.3, -0.25) is 0 Å². The van der Waals surface area contributed by atoms with Crippen LogP contribution >= 0.6 is 0 Å². The van der Waals surface area contributed by atoms with E-state index < -0.39 is 0 Å². The lowest BCUT2D eigenvalue weighted by atomic mass is 10.2. The van der Waals surface area contributed by atoms with Gasteiger partial charge >= 0.3 is 0 Å². The highest BCUT2D eigenvalue weighted by molar-refractivity contribution is 5.47. The molecule has 2 aromatic carbocycles. The van der Waals surface area contributed by atoms with Gasteiger partial charge in [-0.15, -0.1) is 0 Å². The van der Waals surface area contributed by atoms with Crippen molar-refractivity contribution in [2.45, 2.75) is 6.61 Å². The van der Waals surface area contributed by atoms with Crippen LogP contribution in [0.5, 0.6) is 11.5 Å². The van der Waals surface area contributed by atoms with E-state index in [9.17, 15) is 4.39 Å². The van der Waals surface area contributed by atoms with Gasteiger partial charge < -0.3 is 15.2 Å². The van der Waals surface area contributed by atoms with Gasteiger partial charge in [0.15, 0.2) is 11.6 Å². The molecule has 2 rings (SSSR count). The van der Waals surface area contributed by atoms with Crippen LogP contribution < -0.4 is 15.2 Å². The number of halogens is 1. The summed E-state index contributed by atoms with van der Waals surface area (Å²) < 4.78 is 23.8. The van der Waals surface area contributed by atoms with Crippen molar-refractivity contribution in [1.29, 1.82) is 0 Å². The van der Waals surface area contributed by atoms with Gasteiger partial charge in [0.1, 0.15) is 12.4 Å². The Hall–Kier alpha value is -2.23. The number of benzene rings is 2. The van der Waals surface area contributed by atoms with Crippen molar-refractivity contribution >= 4 is 5.69 Å². The molecule has 0 unspecified atom stereocenters. The zero-order chi connectivity index (χ0) is 13.0. The van der Waals surface area contributed by atoms with E-state index in [4.69, 9.17) is 15.2 Å². The second kappa shape index (κ2) is 5.40. The minimum Gasteiger partial charge on any atom is -0.497 e. The maximum atomic E-state index is 13.3. The van der Waals surface area contributed by atoms with Gasteiger partial charge in [0, 0.05) is 11.8 Å². The molecule has 0 aliphatic carbocycles. The lowest BCUT2D eigenvalue weighted by molar-refractivity contribution is 0.289. The number of hydrogen-bond donors (Lipinski definition) is 1. The first-order valence-corrected chi connectivity index (χ1v) is 5.50. The predicted octanol–water partition coefficient (Wildman–Crippen LogP) is 3.00. The highest BCUT2D eigenvalue weighted by Crippen LogP contribution is 2.21. The van der Waals surface area contributed by atoms with Gasteiger partial charge in [-0.25, -0.2) is 4.39 Å². The largest absolute Gasteiger partial charge is 0.497 e. The third-order valence-corrected chi connectivity index (χ3v) is 2.46. The Balaban J connectivity index is 2.11. The molecular formula is C14H14FNO2. The maximum absolute atomic E-state index is 13.3. The summed E-state index contributed by atoms with van der Waals surface area (Å²) in [6.07, 6.45) is 0. The molecule has 0 spiro atoms. The van der Waals surface area contributed by atoms with Crippen LogP contribution in [-0.2, 0) is 6.61 Å². The van der Waals surface area contributed by atoms with Crippen LogP contribution in [-0.4, -0.2) is 7.11 Å². The van der Waals surface area contributed by atoms with Crippen molar-refractivity contribution in [3.8, 4) is 11.5 Å². The molecule has 4 heteroatoms. The highest BCUT2D eigenvalue weighted by atomic mass is 19.1. The molecule has 94 valence electrons. The van der Waals surface area contributed by atoms with Crippen LogP contribution in [0, 0.1) is 5.82 Å². The van der Waals surface area contributed by atoms with Crippen LogP contribution in [0.2, 0.25) is 0 Å². The summed E-state index contributed by atoms with van der Waals surface area (Å²) in [5.41, 5.74) is 7.14. The summed E-state index contributed by atoms with van der Waals surface area (Å²) in [5, 5.41) is 0. The number of methoxy groups -OCH3 is 1. The van der Waals surface area contributed by atoms with E-state index in [0.717, 1.165) is 5.56 Å². The Morgan fingerprint density at radius 2 is 1.94 bits per heavy atom. The van der Waals surface area contributed by atoms with Crippen LogP contribution in [0.3, 0.4) is 0 Å². The quantitative estimate of drug-likeness (QED) is 0.845. The number of nitrogen functional groups attached to an aromatic ring is 1. The van der Waals surface area contributed by atoms with Crippen molar-refractivity contribution in [3.63, 3.8) is 0 Å². The second-order valence-electron chi connectivity index (χ2n) is 3.83. The zero-order valence-electron chi connectivity index (χ0n) is 10.0. The summed E-state index contributed by atoms with van der Waals surface area (Å²) in [7, 11) is 1.57. The molecule has 0 bridgehead atoms. The highest BCUT2D eigenvalue weighted by Gasteiger charge is 2.04. The molecule has 0 fully saturated rings. The summed E-state index contributed by atoms with van der Waals surface area (Å²) in [4.78, 5) is 0. The van der Waals surface area contributed by atoms with Gasteiger partial charge in [-0.2, -0.15) is 0 Å². The molecule has 2 aromatic rings. The SMILES string of the molecule is COc1cc(N)cc(COc2ccccc2F)c1. The molecule has 3 nitrogen and oxygen atoms in total. The molecule has 0 saturated carbocycles. The van der Waals surface area contributed by atoms with E-state index >= 15 is 0 Å². The van der Waals surface area contributed by atoms with Crippen LogP contribution in [0.15, 0.2) is 42.5 Å². The van der Waals surface area contributed by atoms with E-state index in [1.807, 2.05) is 0 Å². The summed E-state index contributed by atoms with van der Waals surface area (Å²) >= 11 is 0. The fourth-order valence-electron chi connectivity index (χ4n) is 1.61. The van der Waals surface area contributed by atoms with Gasteiger partial charge in [0.25, 0.3) is 0 Å². The van der Waals surface area contributed by atoms with E-state index in [0.29, 0.717) is 11.4 Å². The Bertz CT molecular complexity index is 543. The third kappa shape index (κ3) is 2.91. The third-order valence-electron chi connectivity index (χ3n) is 2.46. The Morgan fingerprint density at radius 1 is 1.17 bits per heavy atom. The van der Waals surface area contributed by atoms with Gasteiger partial charge in [0.2, 0.25) is 0 Å². The van der Waals surface area contributed by atoms with Gasteiger partial charge in [-0.05, 0) is 29.8 Å². The smallest absolute Gasteiger partial charge is 0.165 e. The van der Waals surface area contributed by atoms with E-state index in [1.165, 1.54) is 6.07 Å². The topological polar surface area (TPSA) is 44.5 Å². The summed E-state index contributed by atoms with van der Waals surface area (Å²) in [5.74, 6) is 0.495. The molecular weight excluding hydrogens is 233 g/mol. The summed E-state index contributed by atoms with van der Waals surface area (Å²) in [6.45, 7) is 0.238. The van der Waals surface area contributed by atoms with E-state index in [-0.39, 0.29) is 18.2 Å². The fraction of sp³-hybridized carbons (Fsp3) is 0.143. The monoisotopic (exact) mass is 247 g/mol. The molecule has 2 N–H and O–H groups in total. The number of para-hydroxylation sites is 1. The number of ether oxygens (including phenoxy) is 2. The molecule has 0 aliphatic heterocycles. The second-order valence-corrected chi connectivity index (χ2v) is 3.83. The summed E-state index contributed by atoms with van der Waals surface area (Å²) in [6, 6.07) is 11.6. The standard InChI is InChI=1S/C14H14FNO2/c1-17-12-7-10(6-11(16)8-12)9-18-14-5-3-2-4-13(14)15/h2-8H,9,16H2,1H3. The minimum atomic E-state index is -0.381. The van der Waals surface area contributed by atoms with E-state index in [2.05, 4.69) is 0 Å². The molecule has 0 saturated heterocycles. The lowest BCUT2D eigenvalue weighted by Gasteiger charge is -2.09. The fourth-order valence-corrected chi connectivity index (χ4v) is 1.61. The Labute approximate surface area is 105 Å². The van der Waals surface area contributed by atoms with Crippen molar-refractivity contribution in [2.24, 2.45) is 0 Å². The average Bonchev–Trinajstić information content (AvgIpc) is 2.37. The molecule has 0 amide bonds. The Morgan fingerprint density at radius 3 is 2.67 bits per heavy atom. The molecule has 0 radical (unpaired) electrons. The average molecular weight is 247 g/mol. The minimum absolute atomic E-state index is 0.221. The van der Waals surface area contributed by atoms with Crippen LogP contribution in [0.1, 0.15) is 5.56 Å². The Kier molecular flexibility index (Phi) is 3.67. The predicted molar refractivity (Wildman–Crippen MR) is 68.1 cm³/mol. The van der Waals surface area contributed by atoms with E-state index in [1.54, 1.807) is 43.5 Å². The lowest BCUT2D eigenvalue weighted by Crippen LogP contribution is -1.99. The molecule has 0 atom stereocenters. The first-order chi connectivity index (χ1) is 8.69. The van der Waals surface area contributed by atoms with Crippen LogP contribution in [0.4, 0.5) is 10.1 Å². The molecule has 18 heavy (non-hydrogen) atoms. The number of hydrogen-bond acceptors (Lipinski definition) is 3. The zero-order valence-corrected chi connectivity index (χ0v) is 10.0. The van der Waals surface area contributed by atoms with Crippen molar-refractivity contribution in [2.75, 3.05) is 12.8 Å². The first-order valence-electron chi connectivity index (χ1n) is 5.50. The molecule has 0 heterocycles.